The molecular formula is C18H37NO. The van der Waals surface area contributed by atoms with Crippen LogP contribution in [-0.4, -0.2) is 25.3 Å². The first kappa shape index (κ1) is 18.0. The SMILES string of the molecule is CCCCCCCCCC1OCCCC1CNC(C)C. The number of rotatable bonds is 11. The lowest BCUT2D eigenvalue weighted by Gasteiger charge is -2.32. The second-order valence-corrected chi connectivity index (χ2v) is 6.78. The Morgan fingerprint density at radius 3 is 2.45 bits per heavy atom. The summed E-state index contributed by atoms with van der Waals surface area (Å²) in [6.45, 7) is 8.87. The van der Waals surface area contributed by atoms with Crippen LogP contribution in [0.25, 0.3) is 0 Å². The van der Waals surface area contributed by atoms with Crippen molar-refractivity contribution in [2.75, 3.05) is 13.2 Å². The van der Waals surface area contributed by atoms with E-state index in [2.05, 4.69) is 26.1 Å². The van der Waals surface area contributed by atoms with Crippen LogP contribution >= 0.6 is 0 Å². The molecule has 0 bridgehead atoms. The van der Waals surface area contributed by atoms with Gasteiger partial charge in [-0.3, -0.25) is 0 Å². The Bertz CT molecular complexity index is 217. The van der Waals surface area contributed by atoms with Gasteiger partial charge in [-0.2, -0.15) is 0 Å². The first-order valence-corrected chi connectivity index (χ1v) is 9.09. The van der Waals surface area contributed by atoms with E-state index in [1.807, 2.05) is 0 Å². The highest BCUT2D eigenvalue weighted by Gasteiger charge is 2.25. The van der Waals surface area contributed by atoms with Crippen molar-refractivity contribution >= 4 is 0 Å². The number of unbranched alkanes of at least 4 members (excludes halogenated alkanes) is 6. The third-order valence-corrected chi connectivity index (χ3v) is 4.46. The largest absolute Gasteiger partial charge is 0.378 e. The molecule has 1 heterocycles. The van der Waals surface area contributed by atoms with Gasteiger partial charge in [0.05, 0.1) is 6.10 Å². The molecule has 0 aromatic heterocycles. The van der Waals surface area contributed by atoms with Gasteiger partial charge in [-0.1, -0.05) is 65.7 Å². The standard InChI is InChI=1S/C18H37NO/c1-4-5-6-7-8-9-10-13-18-17(12-11-14-20-18)15-19-16(2)3/h16-19H,4-15H2,1-3H3. The summed E-state index contributed by atoms with van der Waals surface area (Å²) in [4.78, 5) is 0. The molecule has 2 heteroatoms. The van der Waals surface area contributed by atoms with E-state index in [-0.39, 0.29) is 0 Å². The molecular weight excluding hydrogens is 246 g/mol. The zero-order chi connectivity index (χ0) is 14.6. The summed E-state index contributed by atoms with van der Waals surface area (Å²) in [5, 5.41) is 3.59. The molecule has 0 saturated carbocycles. The fourth-order valence-electron chi connectivity index (χ4n) is 3.14. The predicted molar refractivity (Wildman–Crippen MR) is 88.2 cm³/mol. The van der Waals surface area contributed by atoms with Gasteiger partial charge in [0.2, 0.25) is 0 Å². The third-order valence-electron chi connectivity index (χ3n) is 4.46. The Kier molecular flexibility index (Phi) is 10.4. The first-order valence-electron chi connectivity index (χ1n) is 9.09. The van der Waals surface area contributed by atoms with Crippen molar-refractivity contribution in [3.63, 3.8) is 0 Å². The van der Waals surface area contributed by atoms with E-state index in [1.54, 1.807) is 0 Å². The van der Waals surface area contributed by atoms with Gasteiger partial charge in [-0.05, 0) is 25.2 Å². The van der Waals surface area contributed by atoms with E-state index in [4.69, 9.17) is 4.74 Å². The van der Waals surface area contributed by atoms with Crippen molar-refractivity contribution < 1.29 is 4.74 Å². The lowest BCUT2D eigenvalue weighted by Crippen LogP contribution is -2.38. The van der Waals surface area contributed by atoms with Crippen molar-refractivity contribution in [1.82, 2.24) is 5.32 Å². The summed E-state index contributed by atoms with van der Waals surface area (Å²) in [5.74, 6) is 0.742. The van der Waals surface area contributed by atoms with Crippen molar-refractivity contribution in [2.45, 2.75) is 97.1 Å². The molecule has 120 valence electrons. The Labute approximate surface area is 127 Å². The van der Waals surface area contributed by atoms with Crippen molar-refractivity contribution in [3.8, 4) is 0 Å². The van der Waals surface area contributed by atoms with Crippen LogP contribution in [0.5, 0.6) is 0 Å². The lowest BCUT2D eigenvalue weighted by molar-refractivity contribution is -0.0318. The van der Waals surface area contributed by atoms with Gasteiger partial charge in [0.15, 0.2) is 0 Å². The van der Waals surface area contributed by atoms with Gasteiger partial charge in [-0.15, -0.1) is 0 Å². The van der Waals surface area contributed by atoms with Gasteiger partial charge >= 0.3 is 0 Å². The van der Waals surface area contributed by atoms with E-state index in [0.29, 0.717) is 12.1 Å². The summed E-state index contributed by atoms with van der Waals surface area (Å²) in [5.41, 5.74) is 0. The van der Waals surface area contributed by atoms with Crippen LogP contribution in [0.15, 0.2) is 0 Å². The molecule has 1 saturated heterocycles. The molecule has 0 aliphatic carbocycles. The normalized spacial score (nSPS) is 23.4. The molecule has 1 rings (SSSR count). The molecule has 0 amide bonds. The van der Waals surface area contributed by atoms with Gasteiger partial charge in [0.1, 0.15) is 0 Å². The van der Waals surface area contributed by atoms with Crippen molar-refractivity contribution in [1.29, 1.82) is 0 Å². The third kappa shape index (κ3) is 8.26. The quantitative estimate of drug-likeness (QED) is 0.543. The van der Waals surface area contributed by atoms with Gasteiger partial charge < -0.3 is 10.1 Å². The average molecular weight is 284 g/mol. The topological polar surface area (TPSA) is 21.3 Å². The summed E-state index contributed by atoms with van der Waals surface area (Å²) in [7, 11) is 0. The molecule has 1 N–H and O–H groups in total. The maximum Gasteiger partial charge on any atom is 0.0615 e. The minimum absolute atomic E-state index is 0.519. The number of ether oxygens (including phenoxy) is 1. The van der Waals surface area contributed by atoms with Crippen LogP contribution in [0, 0.1) is 5.92 Å². The Balaban J connectivity index is 2.09. The molecule has 2 unspecified atom stereocenters. The van der Waals surface area contributed by atoms with Crippen LogP contribution in [0.1, 0.15) is 85.0 Å². The fourth-order valence-corrected chi connectivity index (χ4v) is 3.14. The molecule has 1 fully saturated rings. The lowest BCUT2D eigenvalue weighted by atomic mass is 9.90. The zero-order valence-corrected chi connectivity index (χ0v) is 14.1. The maximum atomic E-state index is 6.03. The number of nitrogens with one attached hydrogen (secondary N) is 1. The predicted octanol–water partition coefficient (Wildman–Crippen LogP) is 4.92. The van der Waals surface area contributed by atoms with Crippen LogP contribution < -0.4 is 5.32 Å². The molecule has 0 spiro atoms. The van der Waals surface area contributed by atoms with E-state index in [9.17, 15) is 0 Å². The number of hydrogen-bond donors (Lipinski definition) is 1. The van der Waals surface area contributed by atoms with Crippen LogP contribution in [0.3, 0.4) is 0 Å². The van der Waals surface area contributed by atoms with Crippen LogP contribution in [-0.2, 0) is 4.74 Å². The molecule has 2 atom stereocenters. The van der Waals surface area contributed by atoms with Gasteiger partial charge in [0, 0.05) is 19.2 Å². The van der Waals surface area contributed by atoms with Gasteiger partial charge in [0.25, 0.3) is 0 Å². The van der Waals surface area contributed by atoms with E-state index < -0.39 is 0 Å². The molecule has 1 aliphatic rings. The highest BCUT2D eigenvalue weighted by molar-refractivity contribution is 4.77. The molecule has 1 aliphatic heterocycles. The summed E-state index contributed by atoms with van der Waals surface area (Å²) in [6.07, 6.45) is 14.2. The van der Waals surface area contributed by atoms with Crippen LogP contribution in [0.4, 0.5) is 0 Å². The summed E-state index contributed by atoms with van der Waals surface area (Å²) >= 11 is 0. The molecule has 0 radical (unpaired) electrons. The van der Waals surface area contributed by atoms with Crippen LogP contribution in [0.2, 0.25) is 0 Å². The maximum absolute atomic E-state index is 6.03. The van der Waals surface area contributed by atoms with E-state index in [1.165, 1.54) is 64.2 Å². The van der Waals surface area contributed by atoms with Gasteiger partial charge in [-0.25, -0.2) is 0 Å². The first-order chi connectivity index (χ1) is 9.74. The highest BCUT2D eigenvalue weighted by Crippen LogP contribution is 2.25. The Hall–Kier alpha value is -0.0800. The van der Waals surface area contributed by atoms with Crippen molar-refractivity contribution in [2.24, 2.45) is 5.92 Å². The monoisotopic (exact) mass is 283 g/mol. The Morgan fingerprint density at radius 1 is 1.05 bits per heavy atom. The summed E-state index contributed by atoms with van der Waals surface area (Å²) < 4.78 is 6.03. The second-order valence-electron chi connectivity index (χ2n) is 6.78. The Morgan fingerprint density at radius 2 is 1.75 bits per heavy atom. The highest BCUT2D eigenvalue weighted by atomic mass is 16.5. The molecule has 2 nitrogen and oxygen atoms in total. The van der Waals surface area contributed by atoms with E-state index >= 15 is 0 Å². The zero-order valence-electron chi connectivity index (χ0n) is 14.1. The summed E-state index contributed by atoms with van der Waals surface area (Å²) in [6, 6.07) is 0.594. The molecule has 20 heavy (non-hydrogen) atoms. The minimum Gasteiger partial charge on any atom is -0.378 e. The minimum atomic E-state index is 0.519. The smallest absolute Gasteiger partial charge is 0.0615 e. The second kappa shape index (κ2) is 11.6. The average Bonchev–Trinajstić information content (AvgIpc) is 2.45. The van der Waals surface area contributed by atoms with Crippen molar-refractivity contribution in [3.05, 3.63) is 0 Å². The van der Waals surface area contributed by atoms with E-state index in [0.717, 1.165) is 19.1 Å². The fraction of sp³-hybridized carbons (Fsp3) is 1.00. The molecule has 0 aromatic rings. The number of hydrogen-bond acceptors (Lipinski definition) is 2. The molecule has 0 aromatic carbocycles.